The minimum Gasteiger partial charge on any atom is -0.376 e. The van der Waals surface area contributed by atoms with Gasteiger partial charge in [0.1, 0.15) is 0 Å². The lowest BCUT2D eigenvalue weighted by Crippen LogP contribution is -2.14. The monoisotopic (exact) mass is 190 g/mol. The number of pyridine rings is 1. The minimum absolute atomic E-state index is 0.0131. The van der Waals surface area contributed by atoms with Crippen LogP contribution in [0.2, 0.25) is 0 Å². The molecule has 1 amide bonds. The van der Waals surface area contributed by atoms with Gasteiger partial charge < -0.3 is 10.1 Å². The molecule has 14 heavy (non-hydrogen) atoms. The first kappa shape index (κ1) is 7.94. The first-order valence-electron chi connectivity index (χ1n) is 4.72. The van der Waals surface area contributed by atoms with Crippen molar-refractivity contribution < 1.29 is 9.53 Å². The third-order valence-electron chi connectivity index (χ3n) is 2.67. The van der Waals surface area contributed by atoms with Gasteiger partial charge >= 0.3 is 0 Å². The second-order valence-corrected chi connectivity index (χ2v) is 3.57. The number of hydrogen-bond acceptors (Lipinski definition) is 3. The Labute approximate surface area is 81.3 Å². The Hall–Kier alpha value is -1.42. The summed E-state index contributed by atoms with van der Waals surface area (Å²) in [6.45, 7) is 1.89. The van der Waals surface area contributed by atoms with Crippen LogP contribution in [0.25, 0.3) is 0 Å². The van der Waals surface area contributed by atoms with Gasteiger partial charge in [0, 0.05) is 17.7 Å². The Morgan fingerprint density at radius 2 is 2.36 bits per heavy atom. The molecule has 3 rings (SSSR count). The molecule has 0 radical (unpaired) electrons. The number of ether oxygens (including phenoxy) is 1. The Bertz CT molecular complexity index is 415. The summed E-state index contributed by atoms with van der Waals surface area (Å²) >= 11 is 0. The lowest BCUT2D eigenvalue weighted by molar-refractivity contribution is 0.0964. The molecule has 0 fully saturated rings. The number of aromatic nitrogens is 1. The van der Waals surface area contributed by atoms with Crippen LogP contribution in [0.1, 0.15) is 27.3 Å². The summed E-state index contributed by atoms with van der Waals surface area (Å²) in [5, 5.41) is 2.77. The van der Waals surface area contributed by atoms with E-state index in [0.29, 0.717) is 18.7 Å². The number of amides is 1. The number of carbonyl (C=O) groups excluding carboxylic acids is 1. The number of rotatable bonds is 0. The van der Waals surface area contributed by atoms with Crippen LogP contribution in [0.15, 0.2) is 6.07 Å². The first-order chi connectivity index (χ1) is 6.84. The summed E-state index contributed by atoms with van der Waals surface area (Å²) in [6.07, 6.45) is 0.858. The molecular weight excluding hydrogens is 180 g/mol. The van der Waals surface area contributed by atoms with Crippen LogP contribution in [0.4, 0.5) is 0 Å². The molecule has 72 valence electrons. The number of hydrogen-bond donors (Lipinski definition) is 1. The molecule has 2 aliphatic heterocycles. The normalized spacial score (nSPS) is 18.7. The highest BCUT2D eigenvalue weighted by Crippen LogP contribution is 2.21. The molecule has 0 saturated heterocycles. The summed E-state index contributed by atoms with van der Waals surface area (Å²) in [4.78, 5) is 15.8. The summed E-state index contributed by atoms with van der Waals surface area (Å²) < 4.78 is 5.32. The number of nitrogens with one attached hydrogen (secondary N) is 1. The van der Waals surface area contributed by atoms with Crippen molar-refractivity contribution in [3.05, 3.63) is 28.6 Å². The maximum atomic E-state index is 11.4. The van der Waals surface area contributed by atoms with Gasteiger partial charge in [-0.3, -0.25) is 9.78 Å². The summed E-state index contributed by atoms with van der Waals surface area (Å²) in [7, 11) is 0. The quantitative estimate of drug-likeness (QED) is 0.644. The Morgan fingerprint density at radius 3 is 3.29 bits per heavy atom. The molecule has 0 saturated carbocycles. The molecule has 2 aliphatic rings. The van der Waals surface area contributed by atoms with Gasteiger partial charge in [-0.05, 0) is 6.07 Å². The van der Waals surface area contributed by atoms with Gasteiger partial charge in [-0.15, -0.1) is 0 Å². The van der Waals surface area contributed by atoms with E-state index in [-0.39, 0.29) is 5.91 Å². The highest BCUT2D eigenvalue weighted by atomic mass is 16.5. The van der Waals surface area contributed by atoms with E-state index in [1.165, 1.54) is 0 Å². The van der Waals surface area contributed by atoms with E-state index >= 15 is 0 Å². The maximum Gasteiger partial charge on any atom is 0.253 e. The zero-order valence-corrected chi connectivity index (χ0v) is 7.67. The largest absolute Gasteiger partial charge is 0.376 e. The molecule has 0 aromatic carbocycles. The smallest absolute Gasteiger partial charge is 0.253 e. The first-order valence-corrected chi connectivity index (χ1v) is 4.72. The van der Waals surface area contributed by atoms with Crippen molar-refractivity contribution in [3.63, 3.8) is 0 Å². The molecule has 0 unspecified atom stereocenters. The van der Waals surface area contributed by atoms with Crippen molar-refractivity contribution in [3.8, 4) is 0 Å². The molecule has 0 aliphatic carbocycles. The summed E-state index contributed by atoms with van der Waals surface area (Å²) in [5.74, 6) is -0.0131. The maximum absolute atomic E-state index is 11.4. The predicted molar refractivity (Wildman–Crippen MR) is 48.8 cm³/mol. The fourth-order valence-corrected chi connectivity index (χ4v) is 1.92. The van der Waals surface area contributed by atoms with Crippen molar-refractivity contribution in [1.82, 2.24) is 10.3 Å². The van der Waals surface area contributed by atoms with Gasteiger partial charge in [0.25, 0.3) is 5.91 Å². The van der Waals surface area contributed by atoms with E-state index in [4.69, 9.17) is 4.74 Å². The number of carbonyl (C=O) groups is 1. The zero-order valence-electron chi connectivity index (χ0n) is 7.67. The lowest BCUT2D eigenvalue weighted by Gasteiger charge is -2.15. The van der Waals surface area contributed by atoms with Crippen LogP contribution in [0.3, 0.4) is 0 Å². The average Bonchev–Trinajstić information content (AvgIpc) is 2.57. The standard InChI is InChI=1S/C10H10N2O2/c13-10-7-3-6-5-14-2-1-8(6)12-9(7)4-11-10/h3H,1-2,4-5H2,(H,11,13). The molecular formula is C10H10N2O2. The van der Waals surface area contributed by atoms with Crippen LogP contribution in [0, 0.1) is 0 Å². The van der Waals surface area contributed by atoms with E-state index in [1.54, 1.807) is 0 Å². The summed E-state index contributed by atoms with van der Waals surface area (Å²) in [6, 6.07) is 1.92. The van der Waals surface area contributed by atoms with Gasteiger partial charge in [-0.25, -0.2) is 0 Å². The van der Waals surface area contributed by atoms with Crippen LogP contribution in [0.5, 0.6) is 0 Å². The zero-order chi connectivity index (χ0) is 9.54. The Kier molecular flexibility index (Phi) is 1.58. The van der Waals surface area contributed by atoms with Gasteiger partial charge in [-0.2, -0.15) is 0 Å². The Morgan fingerprint density at radius 1 is 1.43 bits per heavy atom. The van der Waals surface area contributed by atoms with Crippen molar-refractivity contribution in [2.24, 2.45) is 0 Å². The van der Waals surface area contributed by atoms with Crippen LogP contribution in [-0.4, -0.2) is 17.5 Å². The van der Waals surface area contributed by atoms with Gasteiger partial charge in [-0.1, -0.05) is 0 Å². The van der Waals surface area contributed by atoms with Crippen LogP contribution < -0.4 is 5.32 Å². The molecule has 1 aromatic rings. The average molecular weight is 190 g/mol. The molecule has 0 bridgehead atoms. The van der Waals surface area contributed by atoms with Gasteiger partial charge in [0.2, 0.25) is 0 Å². The highest BCUT2D eigenvalue weighted by Gasteiger charge is 2.23. The second-order valence-electron chi connectivity index (χ2n) is 3.57. The lowest BCUT2D eigenvalue weighted by atomic mass is 10.1. The molecule has 0 atom stereocenters. The van der Waals surface area contributed by atoms with Gasteiger partial charge in [0.05, 0.1) is 31.0 Å². The second kappa shape index (κ2) is 2.78. The SMILES string of the molecule is O=C1NCc2nc3c(cc21)COCC3. The van der Waals surface area contributed by atoms with Crippen molar-refractivity contribution in [1.29, 1.82) is 0 Å². The van der Waals surface area contributed by atoms with Crippen molar-refractivity contribution >= 4 is 5.91 Å². The molecule has 3 heterocycles. The van der Waals surface area contributed by atoms with Crippen molar-refractivity contribution in [2.75, 3.05) is 6.61 Å². The summed E-state index contributed by atoms with van der Waals surface area (Å²) in [5.41, 5.74) is 3.75. The van der Waals surface area contributed by atoms with Gasteiger partial charge in [0.15, 0.2) is 0 Å². The van der Waals surface area contributed by atoms with Crippen LogP contribution in [-0.2, 0) is 24.3 Å². The number of nitrogens with zero attached hydrogens (tertiary/aromatic N) is 1. The minimum atomic E-state index is -0.0131. The fraction of sp³-hybridized carbons (Fsp3) is 0.400. The van der Waals surface area contributed by atoms with E-state index in [1.807, 2.05) is 6.07 Å². The molecule has 4 nitrogen and oxygen atoms in total. The third-order valence-corrected chi connectivity index (χ3v) is 2.67. The molecule has 0 spiro atoms. The topological polar surface area (TPSA) is 51.2 Å². The number of fused-ring (bicyclic) bond motifs is 2. The molecule has 4 heteroatoms. The van der Waals surface area contributed by atoms with Crippen LogP contribution >= 0.6 is 0 Å². The van der Waals surface area contributed by atoms with Crippen molar-refractivity contribution in [2.45, 2.75) is 19.6 Å². The predicted octanol–water partition coefficient (Wildman–Crippen LogP) is 0.398. The molecule has 1 aromatic heterocycles. The van der Waals surface area contributed by atoms with E-state index < -0.39 is 0 Å². The Balaban J connectivity index is 2.15. The third kappa shape index (κ3) is 1.04. The van der Waals surface area contributed by atoms with E-state index in [9.17, 15) is 4.79 Å². The van der Waals surface area contributed by atoms with E-state index in [2.05, 4.69) is 10.3 Å². The molecule has 1 N–H and O–H groups in total. The highest BCUT2D eigenvalue weighted by molar-refractivity contribution is 5.97. The van der Waals surface area contributed by atoms with E-state index in [0.717, 1.165) is 30.0 Å². The fourth-order valence-electron chi connectivity index (χ4n) is 1.92.